The average molecular weight is 84.4 g/mol. The molecule has 0 atom stereocenters. The zero-order chi connectivity index (χ0) is 2.71. The summed E-state index contributed by atoms with van der Waals surface area (Å²) in [6.45, 7) is 0. The van der Waals surface area contributed by atoms with E-state index in [4.69, 9.17) is 0 Å². The lowest BCUT2D eigenvalue weighted by Gasteiger charge is -1.36. The molecule has 0 aliphatic carbocycles. The SMILES string of the molecule is [CH3][AlH][CH3].[MgH2]. The van der Waals surface area contributed by atoms with Gasteiger partial charge in [0.1, 0.15) is 0 Å². The smallest absolute Gasteiger partial charge is 0.109 e. The molecule has 4 heavy (non-hydrogen) atoms. The van der Waals surface area contributed by atoms with Crippen molar-refractivity contribution in [2.24, 2.45) is 0 Å². The largest absolute Gasteiger partial charge is 0.316 e. The van der Waals surface area contributed by atoms with Crippen molar-refractivity contribution in [2.45, 2.75) is 11.6 Å². The zero-order valence-corrected chi connectivity index (χ0v) is 4.12. The highest BCUT2D eigenvalue weighted by Crippen LogP contribution is 1.36. The summed E-state index contributed by atoms with van der Waals surface area (Å²) in [6, 6.07) is 0. The van der Waals surface area contributed by atoms with Crippen molar-refractivity contribution in [3.8, 4) is 0 Å². The van der Waals surface area contributed by atoms with Gasteiger partial charge in [-0.2, -0.15) is 0 Å². The standard InChI is InChI=1S/2CH3.Al.Mg.3H/h2*1H3;;;;;. The fourth-order valence-electron chi connectivity index (χ4n) is 0. The van der Waals surface area contributed by atoms with E-state index in [1.54, 1.807) is 0 Å². The molecule has 0 saturated heterocycles. The van der Waals surface area contributed by atoms with Crippen LogP contribution in [0.2, 0.25) is 11.6 Å². The van der Waals surface area contributed by atoms with Gasteiger partial charge >= 0.3 is 23.1 Å². The maximum Gasteiger partial charge on any atom is 0.316 e. The maximum absolute atomic E-state index is 2.26. The van der Waals surface area contributed by atoms with Gasteiger partial charge in [-0.15, -0.1) is 11.6 Å². The Bertz CT molecular complexity index is 6.00. The van der Waals surface area contributed by atoms with Crippen molar-refractivity contribution in [2.75, 3.05) is 0 Å². The van der Waals surface area contributed by atoms with Crippen LogP contribution >= 0.6 is 0 Å². The fraction of sp³-hybridized carbons (Fsp3) is 1.00. The second-order valence-corrected chi connectivity index (χ2v) is 2.12. The molecule has 0 unspecified atom stereocenters. The number of rotatable bonds is 0. The molecule has 0 amide bonds. The van der Waals surface area contributed by atoms with Gasteiger partial charge in [0.2, 0.25) is 15.2 Å². The van der Waals surface area contributed by atoms with Gasteiger partial charge in [0.25, 0.3) is 0 Å². The Hall–Kier alpha value is 1.30. The van der Waals surface area contributed by atoms with Crippen molar-refractivity contribution in [1.82, 2.24) is 0 Å². The second kappa shape index (κ2) is 8.85. The predicted octanol–water partition coefficient (Wildman–Crippen LogP) is -0.397. The molecule has 0 nitrogen and oxygen atoms in total. The summed E-state index contributed by atoms with van der Waals surface area (Å²) in [5, 5.41) is 0. The fourth-order valence-corrected chi connectivity index (χ4v) is 0. The van der Waals surface area contributed by atoms with Crippen molar-refractivity contribution < 1.29 is 0 Å². The lowest BCUT2D eigenvalue weighted by Crippen LogP contribution is -1.53. The van der Waals surface area contributed by atoms with Crippen LogP contribution in [0.3, 0.4) is 0 Å². The lowest BCUT2D eigenvalue weighted by molar-refractivity contribution is 2.14. The van der Waals surface area contributed by atoms with E-state index < -0.39 is 0 Å². The van der Waals surface area contributed by atoms with Crippen molar-refractivity contribution in [3.63, 3.8) is 0 Å². The van der Waals surface area contributed by atoms with Gasteiger partial charge in [-0.3, -0.25) is 0 Å². The minimum atomic E-state index is 0. The first-order valence-corrected chi connectivity index (χ1v) is 4.24. The minimum absolute atomic E-state index is 0. The normalized spacial score (nSPS) is 3.50. The molecule has 0 aromatic rings. The van der Waals surface area contributed by atoms with Gasteiger partial charge < -0.3 is 0 Å². The molecule has 0 bridgehead atoms. The molecule has 0 aliphatic heterocycles. The van der Waals surface area contributed by atoms with Crippen LogP contribution in [0.4, 0.5) is 0 Å². The molecule has 22 valence electrons. The summed E-state index contributed by atoms with van der Waals surface area (Å²) in [5.74, 6) is 4.53. The van der Waals surface area contributed by atoms with Crippen LogP contribution in [0.15, 0.2) is 0 Å². The topological polar surface area (TPSA) is 0 Å². The van der Waals surface area contributed by atoms with E-state index in [1.807, 2.05) is 0 Å². The summed E-state index contributed by atoms with van der Waals surface area (Å²) in [6.07, 6.45) is 0. The van der Waals surface area contributed by atoms with Crippen LogP contribution in [0.25, 0.3) is 0 Å². The Morgan fingerprint density at radius 1 is 1.25 bits per heavy atom. The van der Waals surface area contributed by atoms with Crippen molar-refractivity contribution in [3.05, 3.63) is 0 Å². The minimum Gasteiger partial charge on any atom is -0.109 e. The van der Waals surface area contributed by atoms with Crippen LogP contribution in [-0.2, 0) is 0 Å². The maximum atomic E-state index is 2.26. The first-order chi connectivity index (χ1) is 1.41. The molecule has 0 heterocycles. The van der Waals surface area contributed by atoms with Crippen LogP contribution in [0.5, 0.6) is 0 Å². The van der Waals surface area contributed by atoms with Crippen LogP contribution < -0.4 is 0 Å². The summed E-state index contributed by atoms with van der Waals surface area (Å²) >= 11 is 0.417. The zero-order valence-electron chi connectivity index (χ0n) is 2.71. The third-order valence-electron chi connectivity index (χ3n) is 0. The van der Waals surface area contributed by atoms with Gasteiger partial charge in [0, 0.05) is 0 Å². The van der Waals surface area contributed by atoms with Gasteiger partial charge in [0.05, 0.1) is 0 Å². The van der Waals surface area contributed by atoms with E-state index >= 15 is 0 Å². The molecule has 0 rings (SSSR count). The lowest BCUT2D eigenvalue weighted by atomic mass is 11.9. The summed E-state index contributed by atoms with van der Waals surface area (Å²) in [5.41, 5.74) is 0. The molecule has 0 saturated carbocycles. The third-order valence-corrected chi connectivity index (χ3v) is 0. The first kappa shape index (κ1) is 9.00. The van der Waals surface area contributed by atoms with E-state index in [2.05, 4.69) is 11.6 Å². The Balaban J connectivity index is 0. The average Bonchev–Trinajstić information content (AvgIpc) is 0.918. The number of hydrogen-bond acceptors (Lipinski definition) is 0. The van der Waals surface area contributed by atoms with Crippen molar-refractivity contribution in [1.29, 1.82) is 0 Å². The van der Waals surface area contributed by atoms with E-state index in [1.165, 1.54) is 0 Å². The Morgan fingerprint density at radius 2 is 1.25 bits per heavy atom. The van der Waals surface area contributed by atoms with Gasteiger partial charge in [-0.25, -0.2) is 0 Å². The second-order valence-electron chi connectivity index (χ2n) is 0.707. The van der Waals surface area contributed by atoms with E-state index in [0.29, 0.717) is 15.2 Å². The molecule has 0 aromatic heterocycles. The van der Waals surface area contributed by atoms with Gasteiger partial charge in [-0.05, 0) is 0 Å². The Kier molecular flexibility index (Phi) is 19.9. The van der Waals surface area contributed by atoms with Crippen LogP contribution in [0.1, 0.15) is 0 Å². The monoisotopic (exact) mass is 84.0 g/mol. The highest BCUT2D eigenvalue weighted by atomic mass is 27.1. The summed E-state index contributed by atoms with van der Waals surface area (Å²) < 4.78 is 0. The van der Waals surface area contributed by atoms with E-state index in [0.717, 1.165) is 0 Å². The van der Waals surface area contributed by atoms with Crippen molar-refractivity contribution >= 4 is 38.3 Å². The molecule has 0 aliphatic rings. The molecule has 0 aromatic carbocycles. The Labute approximate surface area is 49.8 Å². The van der Waals surface area contributed by atoms with E-state index in [9.17, 15) is 0 Å². The van der Waals surface area contributed by atoms with Crippen LogP contribution in [-0.4, -0.2) is 38.3 Å². The Morgan fingerprint density at radius 3 is 1.25 bits per heavy atom. The summed E-state index contributed by atoms with van der Waals surface area (Å²) in [7, 11) is 0. The first-order valence-electron chi connectivity index (χ1n) is 1.41. The highest BCUT2D eigenvalue weighted by molar-refractivity contribution is 6.31. The van der Waals surface area contributed by atoms with E-state index in [-0.39, 0.29) is 23.1 Å². The van der Waals surface area contributed by atoms with Gasteiger partial charge in [0.15, 0.2) is 0 Å². The van der Waals surface area contributed by atoms with Gasteiger partial charge in [-0.1, -0.05) is 0 Å². The molecule has 0 fully saturated rings. The quantitative estimate of drug-likeness (QED) is 0.351. The molecular formula is C2H9AlMg. The molecular weight excluding hydrogens is 75.3 g/mol. The third kappa shape index (κ3) is 10.3. The predicted molar refractivity (Wildman–Crippen MR) is 27.4 cm³/mol. The number of hydrogen-bond donors (Lipinski definition) is 0. The van der Waals surface area contributed by atoms with Crippen LogP contribution in [0, 0.1) is 0 Å². The molecule has 0 spiro atoms. The molecule has 0 N–H and O–H groups in total. The highest BCUT2D eigenvalue weighted by Gasteiger charge is 1.48. The molecule has 2 heteroatoms. The molecule has 0 radical (unpaired) electrons. The summed E-state index contributed by atoms with van der Waals surface area (Å²) in [4.78, 5) is 0.